The summed E-state index contributed by atoms with van der Waals surface area (Å²) in [4.78, 5) is 60.2. The van der Waals surface area contributed by atoms with Crippen LogP contribution in [0.1, 0.15) is 173 Å². The summed E-state index contributed by atoms with van der Waals surface area (Å²) in [6.07, 6.45) is 5.93. The first-order valence-electron chi connectivity index (χ1n) is 23.8. The average Bonchev–Trinajstić information content (AvgIpc) is 3.21. The van der Waals surface area contributed by atoms with Crippen LogP contribution in [0.4, 0.5) is 9.59 Å². The van der Waals surface area contributed by atoms with Crippen molar-refractivity contribution >= 4 is 30.1 Å². The fourth-order valence-corrected chi connectivity index (χ4v) is 7.25. The minimum atomic E-state index is -1.60. The second-order valence-electron chi connectivity index (χ2n) is 21.4. The van der Waals surface area contributed by atoms with Gasteiger partial charge in [-0.1, -0.05) is 89.0 Å². The Hall–Kier alpha value is -5.07. The summed E-state index contributed by atoms with van der Waals surface area (Å²) < 4.78 is 25.9. The van der Waals surface area contributed by atoms with Crippen LogP contribution in [-0.2, 0) is 51.3 Å². The summed E-state index contributed by atoms with van der Waals surface area (Å²) in [5.41, 5.74) is -2.95. The lowest BCUT2D eigenvalue weighted by Gasteiger charge is -2.40. The summed E-state index contributed by atoms with van der Waals surface area (Å²) in [5.74, 6) is -1.96. The predicted octanol–water partition coefficient (Wildman–Crippen LogP) is 8.68. The van der Waals surface area contributed by atoms with Crippen molar-refractivity contribution in [2.45, 2.75) is 233 Å². The molecule has 3 aliphatic carbocycles. The first-order chi connectivity index (χ1) is 32.0. The number of carbonyl (C=O) groups is 5. The third-order valence-corrected chi connectivity index (χ3v) is 11.3. The van der Waals surface area contributed by atoms with Crippen LogP contribution < -0.4 is 10.6 Å². The van der Waals surface area contributed by atoms with Gasteiger partial charge >= 0.3 is 30.1 Å². The van der Waals surface area contributed by atoms with E-state index in [4.69, 9.17) is 23.7 Å². The predicted molar refractivity (Wildman–Crippen MR) is 276 cm³/mol. The number of hydrogen-bond acceptors (Lipinski definition) is 15. The standard InChI is InChI=1S/2C20H29NO6.C12H20O3.3CH4/c1-19(2,3)27-17(23)16(15(22)12-20(25)10-7-11-20)21-18(24)26-13-14-8-5-4-6-9-14;1-19(2,3)27-17(23)16(22)15(12-20(25)10-7-11-20)21-18(24)26-13-14-8-5-4-6-9-14;1-11(2,3)15-10(13)6-4-7-12(14)8-5-9-12;;;/h2*4-6,8-9,15-16,22,25H,7,10-13H2,1-3H3,(H,21,24);4,6,14H,5,7-9H2,1-3H3;3*1H4/b;;6-4+;;;. The third kappa shape index (κ3) is 26.1. The maximum atomic E-state index is 12.5. The fourth-order valence-electron chi connectivity index (χ4n) is 7.25. The number of alkyl carbamates (subject to hydrolysis) is 2. The summed E-state index contributed by atoms with van der Waals surface area (Å²) in [5, 5.41) is 56.2. The van der Waals surface area contributed by atoms with Gasteiger partial charge in [-0.3, -0.25) is 0 Å². The number of nitrogens with one attached hydrogen (secondary N) is 2. The first kappa shape index (κ1) is 66.9. The molecular weight excluding hydrogens is 929 g/mol. The highest BCUT2D eigenvalue weighted by Crippen LogP contribution is 2.38. The van der Waals surface area contributed by atoms with E-state index in [2.05, 4.69) is 10.6 Å². The van der Waals surface area contributed by atoms with Crippen molar-refractivity contribution in [1.29, 1.82) is 0 Å². The van der Waals surface area contributed by atoms with Gasteiger partial charge in [-0.05, 0) is 144 Å². The molecule has 0 aromatic heterocycles. The highest BCUT2D eigenvalue weighted by Gasteiger charge is 2.43. The van der Waals surface area contributed by atoms with Gasteiger partial charge in [0, 0.05) is 12.5 Å². The summed E-state index contributed by atoms with van der Waals surface area (Å²) >= 11 is 0. The molecule has 2 aromatic carbocycles. The Balaban J connectivity index is 0.00000107. The quantitative estimate of drug-likeness (QED) is 0.0444. The van der Waals surface area contributed by atoms with E-state index in [-0.39, 0.29) is 54.3 Å². The first-order valence-corrected chi connectivity index (χ1v) is 23.8. The van der Waals surface area contributed by atoms with Crippen LogP contribution in [-0.4, -0.2) is 114 Å². The van der Waals surface area contributed by atoms with Crippen molar-refractivity contribution < 1.29 is 73.2 Å². The molecule has 0 heterocycles. The molecule has 7 N–H and O–H groups in total. The molecule has 0 bridgehead atoms. The van der Waals surface area contributed by atoms with E-state index >= 15 is 0 Å². The van der Waals surface area contributed by atoms with Crippen molar-refractivity contribution in [3.05, 3.63) is 83.9 Å². The third-order valence-electron chi connectivity index (χ3n) is 11.3. The monoisotopic (exact) mass is 1020 g/mol. The van der Waals surface area contributed by atoms with Gasteiger partial charge in [-0.2, -0.15) is 0 Å². The molecule has 2 amide bonds. The van der Waals surface area contributed by atoms with E-state index in [1.807, 2.05) is 69.3 Å². The Morgan fingerprint density at radius 2 is 0.958 bits per heavy atom. The summed E-state index contributed by atoms with van der Waals surface area (Å²) in [6.45, 7) is 15.7. The lowest BCUT2D eigenvalue weighted by Crippen LogP contribution is -2.54. The maximum Gasteiger partial charge on any atom is 0.408 e. The topological polar surface area (TPSA) is 257 Å². The van der Waals surface area contributed by atoms with Crippen molar-refractivity contribution in [1.82, 2.24) is 10.6 Å². The molecule has 0 aliphatic heterocycles. The molecule has 17 nitrogen and oxygen atoms in total. The largest absolute Gasteiger partial charge is 0.458 e. The molecule has 72 heavy (non-hydrogen) atoms. The molecule has 3 aliphatic rings. The van der Waals surface area contributed by atoms with Crippen molar-refractivity contribution in [3.63, 3.8) is 0 Å². The summed E-state index contributed by atoms with van der Waals surface area (Å²) in [7, 11) is 0. The zero-order valence-electron chi connectivity index (χ0n) is 42.0. The number of aliphatic hydroxyl groups is 5. The molecule has 3 fully saturated rings. The van der Waals surface area contributed by atoms with Crippen molar-refractivity contribution in [3.8, 4) is 0 Å². The Labute approximate surface area is 429 Å². The van der Waals surface area contributed by atoms with Crippen LogP contribution in [0.15, 0.2) is 72.8 Å². The van der Waals surface area contributed by atoms with Gasteiger partial charge in [0.25, 0.3) is 0 Å². The van der Waals surface area contributed by atoms with Crippen LogP contribution in [0.2, 0.25) is 0 Å². The van der Waals surface area contributed by atoms with E-state index in [0.29, 0.717) is 32.1 Å². The van der Waals surface area contributed by atoms with Gasteiger partial charge in [0.15, 0.2) is 12.1 Å². The van der Waals surface area contributed by atoms with E-state index in [1.54, 1.807) is 59.8 Å². The Bertz CT molecular complexity index is 1960. The van der Waals surface area contributed by atoms with Crippen LogP contribution in [0.25, 0.3) is 0 Å². The number of esters is 3. The van der Waals surface area contributed by atoms with Gasteiger partial charge in [0.05, 0.1) is 28.9 Å². The fraction of sp³-hybridized carbons (Fsp3) is 0.655. The van der Waals surface area contributed by atoms with E-state index < -0.39 is 82.0 Å². The smallest absolute Gasteiger partial charge is 0.408 e. The van der Waals surface area contributed by atoms with Crippen LogP contribution in [0.5, 0.6) is 0 Å². The lowest BCUT2D eigenvalue weighted by atomic mass is 9.75. The molecule has 0 saturated heterocycles. The number of rotatable bonds is 17. The Morgan fingerprint density at radius 3 is 1.35 bits per heavy atom. The van der Waals surface area contributed by atoms with E-state index in [9.17, 15) is 49.5 Å². The highest BCUT2D eigenvalue weighted by atomic mass is 16.6. The average molecular weight is 1020 g/mol. The van der Waals surface area contributed by atoms with Gasteiger partial charge in [0.2, 0.25) is 0 Å². The SMILES string of the molecule is C.C.C.CC(C)(C)OC(=O)/C=C/CC1(O)CCC1.CC(C)(C)OC(=O)C(NC(=O)OCc1ccccc1)C(O)CC1(O)CCC1.CC(C)(C)OC(=O)C(O)C(CC1(O)CCC1)NC(=O)OCc1ccccc1. The van der Waals surface area contributed by atoms with Gasteiger partial charge in [-0.25, -0.2) is 24.0 Å². The molecule has 0 radical (unpaired) electrons. The van der Waals surface area contributed by atoms with Gasteiger partial charge < -0.3 is 59.9 Å². The van der Waals surface area contributed by atoms with E-state index in [1.165, 1.54) is 6.08 Å². The molecule has 17 heteroatoms. The minimum Gasteiger partial charge on any atom is -0.458 e. The molecule has 4 unspecified atom stereocenters. The highest BCUT2D eigenvalue weighted by molar-refractivity contribution is 5.83. The summed E-state index contributed by atoms with van der Waals surface area (Å²) in [6, 6.07) is 15.9. The van der Waals surface area contributed by atoms with Crippen molar-refractivity contribution in [2.24, 2.45) is 0 Å². The minimum absolute atomic E-state index is 0. The number of amides is 2. The Morgan fingerprint density at radius 1 is 0.569 bits per heavy atom. The van der Waals surface area contributed by atoms with E-state index in [0.717, 1.165) is 43.2 Å². The number of ether oxygens (including phenoxy) is 5. The number of hydrogen-bond donors (Lipinski definition) is 7. The molecule has 4 atom stereocenters. The molecule has 5 rings (SSSR count). The lowest BCUT2D eigenvalue weighted by molar-refractivity contribution is -0.168. The molecular formula is C55H90N2O15. The Kier molecular flexibility index (Phi) is 27.5. The van der Waals surface area contributed by atoms with Crippen LogP contribution in [0, 0.1) is 0 Å². The van der Waals surface area contributed by atoms with Crippen LogP contribution in [0.3, 0.4) is 0 Å². The zero-order chi connectivity index (χ0) is 51.7. The van der Waals surface area contributed by atoms with Gasteiger partial charge in [0.1, 0.15) is 30.0 Å². The number of aliphatic hydroxyl groups excluding tert-OH is 2. The van der Waals surface area contributed by atoms with Crippen molar-refractivity contribution in [2.75, 3.05) is 0 Å². The molecule has 410 valence electrons. The second kappa shape index (κ2) is 29.6. The maximum absolute atomic E-state index is 12.5. The second-order valence-corrected chi connectivity index (χ2v) is 21.4. The van der Waals surface area contributed by atoms with Gasteiger partial charge in [-0.15, -0.1) is 0 Å². The number of carbonyl (C=O) groups excluding carboxylic acids is 5. The zero-order valence-corrected chi connectivity index (χ0v) is 42.0. The molecule has 0 spiro atoms. The molecule has 2 aromatic rings. The molecule has 3 saturated carbocycles. The van der Waals surface area contributed by atoms with Crippen LogP contribution >= 0.6 is 0 Å². The number of benzene rings is 2. The normalized spacial score (nSPS) is 17.6.